The Morgan fingerprint density at radius 3 is 2.75 bits per heavy atom. The lowest BCUT2D eigenvalue weighted by Gasteiger charge is -2.26. The Morgan fingerprint density at radius 1 is 1.44 bits per heavy atom. The van der Waals surface area contributed by atoms with Crippen LogP contribution in [0, 0.1) is 3.57 Å². The van der Waals surface area contributed by atoms with Crippen LogP contribution in [0.15, 0.2) is 18.2 Å². The van der Waals surface area contributed by atoms with Gasteiger partial charge in [0.05, 0.1) is 0 Å². The average molecular weight is 331 g/mol. The summed E-state index contributed by atoms with van der Waals surface area (Å²) in [5, 5.41) is 5.68. The Morgan fingerprint density at radius 2 is 2.19 bits per heavy atom. The third kappa shape index (κ3) is 2.78. The molecule has 0 aromatic heterocycles. The molecule has 1 fully saturated rings. The summed E-state index contributed by atoms with van der Waals surface area (Å²) >= 11 is 2.16. The van der Waals surface area contributed by atoms with E-state index < -0.39 is 0 Å². The molecule has 2 rings (SSSR count). The Kier molecular flexibility index (Phi) is 3.52. The Labute approximate surface area is 108 Å². The second-order valence-corrected chi connectivity index (χ2v) is 5.12. The first-order valence-electron chi connectivity index (χ1n) is 5.27. The number of nitrogens with two attached hydrogens (primary N) is 1. The molecule has 0 aliphatic heterocycles. The number of amides is 2. The van der Waals surface area contributed by atoms with Crippen molar-refractivity contribution in [1.29, 1.82) is 0 Å². The minimum Gasteiger partial charge on any atom is -0.398 e. The van der Waals surface area contributed by atoms with Crippen LogP contribution in [0.5, 0.6) is 0 Å². The third-order valence-electron chi connectivity index (χ3n) is 2.69. The van der Waals surface area contributed by atoms with Gasteiger partial charge in [0, 0.05) is 21.0 Å². The van der Waals surface area contributed by atoms with Gasteiger partial charge in [0.25, 0.3) is 0 Å². The van der Waals surface area contributed by atoms with E-state index in [0.717, 1.165) is 22.1 Å². The second kappa shape index (κ2) is 4.90. The molecular formula is C11H14IN3O. The topological polar surface area (TPSA) is 67.1 Å². The zero-order valence-electron chi connectivity index (χ0n) is 8.79. The van der Waals surface area contributed by atoms with Crippen LogP contribution in [-0.2, 0) is 0 Å². The van der Waals surface area contributed by atoms with Crippen molar-refractivity contribution in [3.8, 4) is 0 Å². The summed E-state index contributed by atoms with van der Waals surface area (Å²) in [6.45, 7) is 0. The maximum atomic E-state index is 11.5. The van der Waals surface area contributed by atoms with Gasteiger partial charge in [-0.2, -0.15) is 0 Å². The van der Waals surface area contributed by atoms with Gasteiger partial charge in [-0.15, -0.1) is 0 Å². The molecule has 2 amide bonds. The molecule has 0 radical (unpaired) electrons. The van der Waals surface area contributed by atoms with Crippen LogP contribution in [-0.4, -0.2) is 12.1 Å². The molecule has 0 unspecified atom stereocenters. The first-order valence-corrected chi connectivity index (χ1v) is 6.35. The molecule has 1 aromatic rings. The number of rotatable bonds is 2. The highest BCUT2D eigenvalue weighted by Gasteiger charge is 2.19. The Hall–Kier alpha value is -0.980. The van der Waals surface area contributed by atoms with Gasteiger partial charge in [-0.25, -0.2) is 4.79 Å². The minimum atomic E-state index is -0.148. The number of hydrogen-bond acceptors (Lipinski definition) is 2. The summed E-state index contributed by atoms with van der Waals surface area (Å²) in [4.78, 5) is 11.5. The third-order valence-corrected chi connectivity index (χ3v) is 3.68. The molecule has 0 heterocycles. The van der Waals surface area contributed by atoms with Crippen LogP contribution in [0.2, 0.25) is 0 Å². The fourth-order valence-corrected chi connectivity index (χ4v) is 1.86. The number of benzene rings is 1. The van der Waals surface area contributed by atoms with E-state index in [1.165, 1.54) is 6.42 Å². The highest BCUT2D eigenvalue weighted by atomic mass is 127. The molecule has 0 atom stereocenters. The van der Waals surface area contributed by atoms with Gasteiger partial charge >= 0.3 is 6.03 Å². The van der Waals surface area contributed by atoms with Gasteiger partial charge in [0.2, 0.25) is 0 Å². The molecule has 86 valence electrons. The molecule has 1 aliphatic rings. The van der Waals surface area contributed by atoms with E-state index in [9.17, 15) is 4.79 Å². The van der Waals surface area contributed by atoms with Crippen molar-refractivity contribution in [2.24, 2.45) is 0 Å². The van der Waals surface area contributed by atoms with Crippen molar-refractivity contribution < 1.29 is 4.79 Å². The molecule has 0 spiro atoms. The van der Waals surface area contributed by atoms with Gasteiger partial charge < -0.3 is 16.4 Å². The van der Waals surface area contributed by atoms with Gasteiger partial charge in [-0.3, -0.25) is 0 Å². The number of nitrogen functional groups attached to an aromatic ring is 1. The highest BCUT2D eigenvalue weighted by molar-refractivity contribution is 14.1. The van der Waals surface area contributed by atoms with E-state index in [0.29, 0.717) is 11.7 Å². The zero-order chi connectivity index (χ0) is 11.5. The van der Waals surface area contributed by atoms with Crippen molar-refractivity contribution in [1.82, 2.24) is 5.32 Å². The fourth-order valence-electron chi connectivity index (χ4n) is 1.53. The van der Waals surface area contributed by atoms with E-state index in [2.05, 4.69) is 33.2 Å². The number of carbonyl (C=O) groups excluding carboxylic acids is 1. The van der Waals surface area contributed by atoms with Crippen molar-refractivity contribution in [2.45, 2.75) is 25.3 Å². The van der Waals surface area contributed by atoms with Gasteiger partial charge in [0.15, 0.2) is 0 Å². The largest absolute Gasteiger partial charge is 0.398 e. The Bertz CT molecular complexity index is 404. The monoisotopic (exact) mass is 331 g/mol. The molecule has 1 aromatic carbocycles. The summed E-state index contributed by atoms with van der Waals surface area (Å²) in [6.07, 6.45) is 3.38. The summed E-state index contributed by atoms with van der Waals surface area (Å²) in [5.74, 6) is 0. The number of halogens is 1. The lowest BCUT2D eigenvalue weighted by atomic mass is 9.93. The van der Waals surface area contributed by atoms with Crippen LogP contribution in [0.3, 0.4) is 0 Å². The lowest BCUT2D eigenvalue weighted by molar-refractivity contribution is 0.240. The summed E-state index contributed by atoms with van der Waals surface area (Å²) in [6, 6.07) is 5.70. The average Bonchev–Trinajstić information content (AvgIpc) is 2.18. The fraction of sp³-hybridized carbons (Fsp3) is 0.364. The maximum Gasteiger partial charge on any atom is 0.319 e. The van der Waals surface area contributed by atoms with Gasteiger partial charge in [-0.05, 0) is 60.1 Å². The maximum absolute atomic E-state index is 11.5. The first kappa shape index (κ1) is 11.5. The van der Waals surface area contributed by atoms with Crippen molar-refractivity contribution in [2.75, 3.05) is 11.1 Å². The van der Waals surface area contributed by atoms with Gasteiger partial charge in [-0.1, -0.05) is 0 Å². The van der Waals surface area contributed by atoms with Crippen molar-refractivity contribution in [3.63, 3.8) is 0 Å². The summed E-state index contributed by atoms with van der Waals surface area (Å²) in [5.41, 5.74) is 7.17. The molecule has 0 bridgehead atoms. The zero-order valence-corrected chi connectivity index (χ0v) is 11.0. The van der Waals surface area contributed by atoms with E-state index in [4.69, 9.17) is 5.73 Å². The SMILES string of the molecule is Nc1cc(NC(=O)NC2CCC2)ccc1I. The lowest BCUT2D eigenvalue weighted by Crippen LogP contribution is -2.41. The van der Waals surface area contributed by atoms with Crippen LogP contribution in [0.25, 0.3) is 0 Å². The molecule has 16 heavy (non-hydrogen) atoms. The van der Waals surface area contributed by atoms with Crippen molar-refractivity contribution >= 4 is 40.0 Å². The van der Waals surface area contributed by atoms with E-state index in [1.54, 1.807) is 6.07 Å². The van der Waals surface area contributed by atoms with Crippen molar-refractivity contribution in [3.05, 3.63) is 21.8 Å². The number of urea groups is 1. The number of hydrogen-bond donors (Lipinski definition) is 3. The molecule has 1 saturated carbocycles. The number of nitrogens with one attached hydrogen (secondary N) is 2. The molecule has 1 aliphatic carbocycles. The quantitative estimate of drug-likeness (QED) is 0.576. The highest BCUT2D eigenvalue weighted by Crippen LogP contribution is 2.20. The summed E-state index contributed by atoms with van der Waals surface area (Å²) < 4.78 is 0.988. The predicted molar refractivity (Wildman–Crippen MR) is 73.4 cm³/mol. The van der Waals surface area contributed by atoms with Crippen LogP contribution in [0.4, 0.5) is 16.2 Å². The Balaban J connectivity index is 1.92. The van der Waals surface area contributed by atoms with Crippen LogP contribution < -0.4 is 16.4 Å². The molecule has 5 heteroatoms. The second-order valence-electron chi connectivity index (χ2n) is 3.96. The molecular weight excluding hydrogens is 317 g/mol. The molecule has 4 nitrogen and oxygen atoms in total. The number of carbonyl (C=O) groups is 1. The molecule has 4 N–H and O–H groups in total. The van der Waals surface area contributed by atoms with Crippen LogP contribution >= 0.6 is 22.6 Å². The van der Waals surface area contributed by atoms with Crippen LogP contribution in [0.1, 0.15) is 19.3 Å². The first-order chi connectivity index (χ1) is 7.65. The van der Waals surface area contributed by atoms with E-state index in [1.807, 2.05) is 12.1 Å². The number of anilines is 2. The summed E-state index contributed by atoms with van der Waals surface area (Å²) in [7, 11) is 0. The standard InChI is InChI=1S/C11H14IN3O/c12-9-5-4-8(6-10(9)13)15-11(16)14-7-2-1-3-7/h4-7H,1-3,13H2,(H2,14,15,16). The van der Waals surface area contributed by atoms with E-state index in [-0.39, 0.29) is 6.03 Å². The normalized spacial score (nSPS) is 15.3. The van der Waals surface area contributed by atoms with E-state index >= 15 is 0 Å². The molecule has 0 saturated heterocycles. The minimum absolute atomic E-state index is 0.148. The smallest absolute Gasteiger partial charge is 0.319 e. The van der Waals surface area contributed by atoms with Gasteiger partial charge in [0.1, 0.15) is 0 Å². The predicted octanol–water partition coefficient (Wildman–Crippen LogP) is 2.55.